The summed E-state index contributed by atoms with van der Waals surface area (Å²) in [4.78, 5) is 12.8. The largest absolute Gasteiger partial charge is 0.505 e. The van der Waals surface area contributed by atoms with E-state index in [0.717, 1.165) is 0 Å². The first-order valence-corrected chi connectivity index (χ1v) is 13.3. The van der Waals surface area contributed by atoms with Gasteiger partial charge in [0, 0.05) is 5.39 Å². The van der Waals surface area contributed by atoms with Crippen LogP contribution in [0.1, 0.15) is 22.8 Å². The average Bonchev–Trinajstić information content (AvgIpc) is 2.87. The van der Waals surface area contributed by atoms with Gasteiger partial charge in [0.15, 0.2) is 5.75 Å². The third-order valence-corrected chi connectivity index (χ3v) is 7.41. The first-order chi connectivity index (χ1) is 18.0. The van der Waals surface area contributed by atoms with Crippen molar-refractivity contribution in [1.82, 2.24) is 0 Å². The number of azo groups is 1. The molecule has 0 heterocycles. The molecule has 0 radical (unpaired) electrons. The van der Waals surface area contributed by atoms with E-state index in [9.17, 15) is 22.9 Å². The minimum atomic E-state index is -4.55. The summed E-state index contributed by atoms with van der Waals surface area (Å²) < 4.78 is 38.3. The van der Waals surface area contributed by atoms with E-state index in [1.165, 1.54) is 25.3 Å². The van der Waals surface area contributed by atoms with E-state index >= 15 is 0 Å². The number of benzene rings is 4. The molecule has 1 amide bonds. The van der Waals surface area contributed by atoms with Crippen molar-refractivity contribution in [2.24, 2.45) is 10.2 Å². The van der Waals surface area contributed by atoms with Gasteiger partial charge in [-0.2, -0.15) is 13.5 Å². The lowest BCUT2D eigenvalue weighted by molar-refractivity contribution is 0.102. The smallest absolute Gasteiger partial charge is 0.296 e. The van der Waals surface area contributed by atoms with Gasteiger partial charge in [0.05, 0.1) is 28.4 Å². The number of hydrogen-bond acceptors (Lipinski definition) is 7. The van der Waals surface area contributed by atoms with E-state index in [-0.39, 0.29) is 44.7 Å². The quantitative estimate of drug-likeness (QED) is 0.156. The Morgan fingerprint density at radius 2 is 1.76 bits per heavy atom. The minimum absolute atomic E-state index is 0.00685. The summed E-state index contributed by atoms with van der Waals surface area (Å²) >= 11 is 12.4. The van der Waals surface area contributed by atoms with Crippen molar-refractivity contribution < 1.29 is 27.6 Å². The summed E-state index contributed by atoms with van der Waals surface area (Å²) in [5, 5.41) is 23.2. The lowest BCUT2D eigenvalue weighted by atomic mass is 10.0. The zero-order chi connectivity index (χ0) is 27.6. The molecule has 0 aromatic heterocycles. The zero-order valence-corrected chi connectivity index (χ0v) is 22.4. The molecule has 0 aliphatic rings. The highest BCUT2D eigenvalue weighted by Crippen LogP contribution is 2.41. The van der Waals surface area contributed by atoms with Gasteiger partial charge in [-0.05, 0) is 47.7 Å². The molecule has 4 rings (SSSR count). The highest BCUT2D eigenvalue weighted by Gasteiger charge is 2.22. The molecule has 0 spiro atoms. The number of halogens is 2. The van der Waals surface area contributed by atoms with Crippen molar-refractivity contribution in [3.8, 4) is 11.5 Å². The molecule has 196 valence electrons. The summed E-state index contributed by atoms with van der Waals surface area (Å²) in [5.74, 6) is -0.764. The lowest BCUT2D eigenvalue weighted by Crippen LogP contribution is -2.13. The van der Waals surface area contributed by atoms with Gasteiger partial charge < -0.3 is 15.2 Å². The van der Waals surface area contributed by atoms with Crippen LogP contribution >= 0.6 is 23.2 Å². The van der Waals surface area contributed by atoms with Crippen molar-refractivity contribution >= 4 is 67.1 Å². The SMILES string of the molecule is CCc1cc(N=Nc2c(O)c(C(=O)Nc3c(Cl)cccc3OC)cc3ccccc23)cc(Cl)c1S(=O)(=O)O. The molecule has 12 heteroatoms. The molecule has 0 aliphatic carbocycles. The first-order valence-electron chi connectivity index (χ1n) is 11.1. The van der Waals surface area contributed by atoms with Crippen LogP contribution in [0.3, 0.4) is 0 Å². The van der Waals surface area contributed by atoms with Crippen LogP contribution in [0, 0.1) is 0 Å². The van der Waals surface area contributed by atoms with Gasteiger partial charge in [0.2, 0.25) is 0 Å². The van der Waals surface area contributed by atoms with E-state index in [1.807, 2.05) is 0 Å². The summed E-state index contributed by atoms with van der Waals surface area (Å²) in [6.45, 7) is 1.69. The van der Waals surface area contributed by atoms with Crippen LogP contribution in [-0.4, -0.2) is 31.1 Å². The highest BCUT2D eigenvalue weighted by atomic mass is 35.5. The van der Waals surface area contributed by atoms with Gasteiger partial charge in [-0.25, -0.2) is 0 Å². The highest BCUT2D eigenvalue weighted by molar-refractivity contribution is 7.86. The number of nitrogens with one attached hydrogen (secondary N) is 1. The number of amides is 1. The number of fused-ring (bicyclic) bond motifs is 1. The molecule has 0 unspecified atom stereocenters. The summed E-state index contributed by atoms with van der Waals surface area (Å²) in [7, 11) is -3.12. The van der Waals surface area contributed by atoms with Crippen molar-refractivity contribution in [3.63, 3.8) is 0 Å². The van der Waals surface area contributed by atoms with Crippen molar-refractivity contribution in [2.45, 2.75) is 18.2 Å². The Hall–Kier alpha value is -3.70. The minimum Gasteiger partial charge on any atom is -0.505 e. The Bertz CT molecular complexity index is 1710. The van der Waals surface area contributed by atoms with Crippen molar-refractivity contribution in [1.29, 1.82) is 0 Å². The Balaban J connectivity index is 1.81. The maximum atomic E-state index is 13.2. The third kappa shape index (κ3) is 5.44. The fourth-order valence-corrected chi connectivity index (χ4v) is 5.50. The number of para-hydroxylation sites is 1. The molecular formula is C26H21Cl2N3O6S. The molecule has 0 saturated heterocycles. The molecular weight excluding hydrogens is 553 g/mol. The fraction of sp³-hybridized carbons (Fsp3) is 0.115. The van der Waals surface area contributed by atoms with Crippen LogP contribution in [0.5, 0.6) is 11.5 Å². The van der Waals surface area contributed by atoms with Gasteiger partial charge in [0.25, 0.3) is 16.0 Å². The number of phenolic OH excluding ortho intramolecular Hbond substituents is 1. The zero-order valence-electron chi connectivity index (χ0n) is 20.1. The maximum Gasteiger partial charge on any atom is 0.296 e. The van der Waals surface area contributed by atoms with E-state index in [1.54, 1.807) is 49.4 Å². The van der Waals surface area contributed by atoms with E-state index in [0.29, 0.717) is 16.5 Å². The number of carbonyl (C=O) groups is 1. The molecule has 4 aromatic carbocycles. The number of anilines is 1. The van der Waals surface area contributed by atoms with E-state index in [4.69, 9.17) is 27.9 Å². The summed E-state index contributed by atoms with van der Waals surface area (Å²) in [6.07, 6.45) is 0.244. The van der Waals surface area contributed by atoms with Gasteiger partial charge >= 0.3 is 0 Å². The molecule has 3 N–H and O–H groups in total. The normalized spacial score (nSPS) is 11.7. The van der Waals surface area contributed by atoms with Crippen molar-refractivity contribution in [3.05, 3.63) is 81.8 Å². The number of nitrogens with zero attached hydrogens (tertiary/aromatic N) is 2. The lowest BCUT2D eigenvalue weighted by Gasteiger charge is -2.14. The standard InChI is InChI=1S/C26H21Cl2N3O6S/c1-3-14-11-16(13-20(28)25(14)38(34,35)36)30-31-22-17-8-5-4-7-15(17)12-18(24(22)32)26(33)29-23-19(27)9-6-10-21(23)37-2/h4-13,32H,3H2,1-2H3,(H,29,33)(H,34,35,36). The van der Waals surface area contributed by atoms with Crippen molar-refractivity contribution in [2.75, 3.05) is 12.4 Å². The van der Waals surface area contributed by atoms with E-state index < -0.39 is 26.7 Å². The Morgan fingerprint density at radius 1 is 1.03 bits per heavy atom. The molecule has 0 aliphatic heterocycles. The average molecular weight is 574 g/mol. The Morgan fingerprint density at radius 3 is 2.45 bits per heavy atom. The molecule has 0 atom stereocenters. The van der Waals surface area contributed by atoms with E-state index in [2.05, 4.69) is 15.5 Å². The predicted octanol–water partition coefficient (Wildman–Crippen LogP) is 7.34. The van der Waals surface area contributed by atoms with Gasteiger partial charge in [-0.15, -0.1) is 5.11 Å². The molecule has 38 heavy (non-hydrogen) atoms. The fourth-order valence-electron chi connectivity index (χ4n) is 3.92. The second-order valence-corrected chi connectivity index (χ2v) is 10.2. The third-order valence-electron chi connectivity index (χ3n) is 5.68. The first kappa shape index (κ1) is 27.3. The van der Waals surface area contributed by atoms with Crippen LogP contribution < -0.4 is 10.1 Å². The number of aromatic hydroxyl groups is 1. The number of rotatable bonds is 7. The maximum absolute atomic E-state index is 13.2. The number of methoxy groups -OCH3 is 1. The number of ether oxygens (including phenoxy) is 1. The van der Waals surface area contributed by atoms with Gasteiger partial charge in [-0.1, -0.05) is 60.5 Å². The molecule has 4 aromatic rings. The molecule has 0 fully saturated rings. The van der Waals surface area contributed by atoms with Crippen LogP contribution in [0.2, 0.25) is 10.0 Å². The monoisotopic (exact) mass is 573 g/mol. The number of hydrogen-bond donors (Lipinski definition) is 3. The second kappa shape index (κ2) is 11.0. The molecule has 0 bridgehead atoms. The Kier molecular flexibility index (Phi) is 7.89. The van der Waals surface area contributed by atoms with Crippen LogP contribution in [-0.2, 0) is 16.5 Å². The molecule has 0 saturated carbocycles. The topological polar surface area (TPSA) is 138 Å². The van der Waals surface area contributed by atoms with Crippen LogP contribution in [0.15, 0.2) is 75.8 Å². The number of carbonyl (C=O) groups excluding carboxylic acids is 1. The summed E-state index contributed by atoms with van der Waals surface area (Å²) in [6, 6.07) is 16.0. The van der Waals surface area contributed by atoms with Crippen LogP contribution in [0.25, 0.3) is 10.8 Å². The second-order valence-electron chi connectivity index (χ2n) is 8.06. The summed E-state index contributed by atoms with van der Waals surface area (Å²) in [5.41, 5.74) is 0.572. The number of phenols is 1. The van der Waals surface area contributed by atoms with Gasteiger partial charge in [0.1, 0.15) is 22.0 Å². The number of aryl methyl sites for hydroxylation is 1. The predicted molar refractivity (Wildman–Crippen MR) is 146 cm³/mol. The molecule has 9 nitrogen and oxygen atoms in total. The Labute approximate surface area is 228 Å². The van der Waals surface area contributed by atoms with Crippen LogP contribution in [0.4, 0.5) is 17.1 Å². The van der Waals surface area contributed by atoms with Gasteiger partial charge in [-0.3, -0.25) is 9.35 Å².